The van der Waals surface area contributed by atoms with Gasteiger partial charge in [-0.05, 0) is 24.6 Å². The number of nitrogens with zero attached hydrogens (tertiary/aromatic N) is 2. The maximum atomic E-state index is 12.2. The Morgan fingerprint density at radius 2 is 2.06 bits per heavy atom. The van der Waals surface area contributed by atoms with E-state index in [1.807, 2.05) is 0 Å². The van der Waals surface area contributed by atoms with Gasteiger partial charge in [-0.25, -0.2) is 9.59 Å². The van der Waals surface area contributed by atoms with E-state index in [9.17, 15) is 34.7 Å². The highest BCUT2D eigenvalue weighted by Crippen LogP contribution is 2.46. The number of aliphatic hydroxyl groups is 1. The first kappa shape index (κ1) is 22.6. The van der Waals surface area contributed by atoms with Crippen LogP contribution in [0.5, 0.6) is 0 Å². The van der Waals surface area contributed by atoms with Gasteiger partial charge in [0.25, 0.3) is 5.69 Å². The molecule has 2 aliphatic heterocycles. The highest BCUT2D eigenvalue weighted by molar-refractivity contribution is 8.03. The number of aliphatic hydroxyl groups excluding tert-OH is 1. The van der Waals surface area contributed by atoms with E-state index in [2.05, 4.69) is 5.32 Å². The number of rotatable bonds is 9. The molecule has 0 bridgehead atoms. The van der Waals surface area contributed by atoms with E-state index in [1.54, 1.807) is 0 Å². The third-order valence-corrected chi connectivity index (χ3v) is 6.17. The average molecular weight is 451 g/mol. The summed E-state index contributed by atoms with van der Waals surface area (Å²) in [7, 11) is 0. The van der Waals surface area contributed by atoms with Gasteiger partial charge in [-0.15, -0.1) is 11.8 Å². The monoisotopic (exact) mass is 451 g/mol. The molecule has 0 aliphatic carbocycles. The topological polar surface area (TPSA) is 159 Å². The Labute approximate surface area is 181 Å². The first-order valence-corrected chi connectivity index (χ1v) is 10.4. The van der Waals surface area contributed by atoms with Crippen LogP contribution in [0.25, 0.3) is 0 Å². The zero-order chi connectivity index (χ0) is 22.7. The van der Waals surface area contributed by atoms with Crippen molar-refractivity contribution in [3.8, 4) is 0 Å². The number of nitro groups is 1. The number of carbonyl (C=O) groups excluding carboxylic acids is 2. The van der Waals surface area contributed by atoms with Crippen molar-refractivity contribution in [3.63, 3.8) is 0 Å². The molecular weight excluding hydrogens is 430 g/mol. The van der Waals surface area contributed by atoms with Gasteiger partial charge in [-0.1, -0.05) is 0 Å². The number of amides is 2. The van der Waals surface area contributed by atoms with Crippen molar-refractivity contribution < 1.29 is 34.3 Å². The van der Waals surface area contributed by atoms with Crippen molar-refractivity contribution in [2.75, 3.05) is 12.3 Å². The van der Waals surface area contributed by atoms with Crippen molar-refractivity contribution in [2.24, 2.45) is 5.92 Å². The number of carboxylic acids is 1. The number of benzene rings is 1. The molecule has 3 atom stereocenters. The van der Waals surface area contributed by atoms with Gasteiger partial charge in [0, 0.05) is 35.8 Å². The number of nitrogens with one attached hydrogen (secondary N) is 1. The minimum Gasteiger partial charge on any atom is -0.477 e. The van der Waals surface area contributed by atoms with Crippen molar-refractivity contribution in [1.29, 1.82) is 0 Å². The van der Waals surface area contributed by atoms with Crippen LogP contribution < -0.4 is 5.32 Å². The van der Waals surface area contributed by atoms with Gasteiger partial charge in [-0.3, -0.25) is 14.9 Å². The third kappa shape index (κ3) is 4.80. The van der Waals surface area contributed by atoms with Crippen molar-refractivity contribution in [2.45, 2.75) is 32.1 Å². The number of nitro benzene ring substituents is 1. The van der Waals surface area contributed by atoms with Crippen LogP contribution in [0, 0.1) is 16.0 Å². The Morgan fingerprint density at radius 3 is 2.65 bits per heavy atom. The first-order chi connectivity index (χ1) is 14.7. The molecule has 0 aromatic heterocycles. The van der Waals surface area contributed by atoms with Gasteiger partial charge in [0.05, 0.1) is 23.0 Å². The minimum absolute atomic E-state index is 0.0508. The van der Waals surface area contributed by atoms with Gasteiger partial charge < -0.3 is 25.2 Å². The van der Waals surface area contributed by atoms with Crippen LogP contribution in [0.3, 0.4) is 0 Å². The van der Waals surface area contributed by atoms with Gasteiger partial charge in [0.2, 0.25) is 5.91 Å². The second-order valence-corrected chi connectivity index (χ2v) is 8.29. The van der Waals surface area contributed by atoms with E-state index in [-0.39, 0.29) is 36.5 Å². The number of carbonyl (C=O) groups is 3. The van der Waals surface area contributed by atoms with Crippen LogP contribution in [0.4, 0.5) is 10.5 Å². The summed E-state index contributed by atoms with van der Waals surface area (Å²) in [4.78, 5) is 47.4. The number of β-lactam (4-membered cyclic amide) rings is 1. The van der Waals surface area contributed by atoms with Crippen LogP contribution in [-0.4, -0.2) is 62.4 Å². The zero-order valence-electron chi connectivity index (χ0n) is 16.5. The van der Waals surface area contributed by atoms with Crippen LogP contribution in [-0.2, 0) is 20.9 Å². The van der Waals surface area contributed by atoms with Crippen molar-refractivity contribution >= 4 is 35.4 Å². The lowest BCUT2D eigenvalue weighted by atomic mass is 9.83. The molecule has 3 unspecified atom stereocenters. The number of aliphatic carboxylic acids is 1. The second-order valence-electron chi connectivity index (χ2n) is 7.10. The van der Waals surface area contributed by atoms with Gasteiger partial charge in [-0.2, -0.15) is 0 Å². The Morgan fingerprint density at radius 1 is 1.39 bits per heavy atom. The van der Waals surface area contributed by atoms with E-state index in [0.717, 1.165) is 0 Å². The largest absolute Gasteiger partial charge is 0.477 e. The SMILES string of the molecule is CC(O)C1C(=O)N2C(C(=O)O)=C(SCCNC(=O)OCc3ccc([N+](=O)[O-])cc3)CC12. The number of hydrogen-bond acceptors (Lipinski definition) is 8. The van der Waals surface area contributed by atoms with Gasteiger partial charge >= 0.3 is 12.1 Å². The maximum Gasteiger partial charge on any atom is 0.407 e. The molecule has 31 heavy (non-hydrogen) atoms. The number of fused-ring (bicyclic) bond motifs is 1. The van der Waals surface area contributed by atoms with E-state index < -0.39 is 29.0 Å². The second kappa shape index (κ2) is 9.35. The molecule has 2 amide bonds. The number of alkyl carbamates (subject to hydrolysis) is 1. The molecular formula is C19H21N3O8S. The lowest BCUT2D eigenvalue weighted by molar-refractivity contribution is -0.384. The molecule has 2 heterocycles. The summed E-state index contributed by atoms with van der Waals surface area (Å²) in [5.74, 6) is -1.81. The van der Waals surface area contributed by atoms with Crippen LogP contribution in [0.1, 0.15) is 18.9 Å². The summed E-state index contributed by atoms with van der Waals surface area (Å²) in [6, 6.07) is 5.28. The minimum atomic E-state index is -1.20. The number of carboxylic acid groups (broad SMARTS) is 1. The van der Waals surface area contributed by atoms with Crippen LogP contribution in [0.15, 0.2) is 34.9 Å². The molecule has 11 nitrogen and oxygen atoms in total. The lowest BCUT2D eigenvalue weighted by Crippen LogP contribution is -2.61. The summed E-state index contributed by atoms with van der Waals surface area (Å²) in [6.07, 6.45) is -1.16. The van der Waals surface area contributed by atoms with E-state index in [0.29, 0.717) is 22.6 Å². The molecule has 1 fully saturated rings. The normalized spacial score (nSPS) is 20.7. The lowest BCUT2D eigenvalue weighted by Gasteiger charge is -2.44. The van der Waals surface area contributed by atoms with Gasteiger partial charge in [0.15, 0.2) is 0 Å². The number of thioether (sulfide) groups is 1. The third-order valence-electron chi connectivity index (χ3n) is 5.06. The molecule has 1 aromatic carbocycles. The maximum absolute atomic E-state index is 12.2. The quantitative estimate of drug-likeness (QED) is 0.219. The Hall–Kier alpha value is -3.12. The molecule has 2 aliphatic rings. The van der Waals surface area contributed by atoms with Crippen LogP contribution in [0.2, 0.25) is 0 Å². The van der Waals surface area contributed by atoms with Crippen LogP contribution >= 0.6 is 11.8 Å². The van der Waals surface area contributed by atoms with Crippen molar-refractivity contribution in [1.82, 2.24) is 10.2 Å². The molecule has 3 N–H and O–H groups in total. The van der Waals surface area contributed by atoms with Crippen molar-refractivity contribution in [3.05, 3.63) is 50.5 Å². The molecule has 3 rings (SSSR count). The highest BCUT2D eigenvalue weighted by atomic mass is 32.2. The fraction of sp³-hybridized carbons (Fsp3) is 0.421. The number of non-ortho nitro benzene ring substituents is 1. The smallest absolute Gasteiger partial charge is 0.407 e. The molecule has 0 spiro atoms. The average Bonchev–Trinajstić information content (AvgIpc) is 3.04. The molecule has 0 saturated carbocycles. The molecule has 1 aromatic rings. The summed E-state index contributed by atoms with van der Waals surface area (Å²) < 4.78 is 5.04. The molecule has 0 radical (unpaired) electrons. The number of hydrogen-bond donors (Lipinski definition) is 3. The fourth-order valence-corrected chi connectivity index (χ4v) is 4.66. The summed E-state index contributed by atoms with van der Waals surface area (Å²) in [6.45, 7) is 1.67. The van der Waals surface area contributed by atoms with E-state index in [1.165, 1.54) is 47.9 Å². The number of ether oxygens (including phenoxy) is 1. The predicted molar refractivity (Wildman–Crippen MR) is 109 cm³/mol. The predicted octanol–water partition coefficient (Wildman–Crippen LogP) is 1.46. The van der Waals surface area contributed by atoms with Gasteiger partial charge in [0.1, 0.15) is 12.3 Å². The van der Waals surface area contributed by atoms with E-state index >= 15 is 0 Å². The highest BCUT2D eigenvalue weighted by Gasteiger charge is 2.56. The Bertz CT molecular complexity index is 931. The zero-order valence-corrected chi connectivity index (χ0v) is 17.3. The molecule has 12 heteroatoms. The molecule has 166 valence electrons. The summed E-state index contributed by atoms with van der Waals surface area (Å²) >= 11 is 1.23. The first-order valence-electron chi connectivity index (χ1n) is 9.45. The Balaban J connectivity index is 1.44. The Kier molecular flexibility index (Phi) is 6.81. The fourth-order valence-electron chi connectivity index (χ4n) is 3.60. The standard InChI is InChI=1S/C19H21N3O8S/c1-10(23)15-13-8-14(16(18(25)26)21(13)17(15)24)31-7-6-20-19(27)30-9-11-2-4-12(5-3-11)22(28)29/h2-5,10,13,15,23H,6-9H2,1H3,(H,20,27)(H,25,26). The summed E-state index contributed by atoms with van der Waals surface area (Å²) in [5, 5.41) is 32.4. The van der Waals surface area contributed by atoms with E-state index in [4.69, 9.17) is 4.74 Å². The molecule has 1 saturated heterocycles. The summed E-state index contributed by atoms with van der Waals surface area (Å²) in [5.41, 5.74) is 0.482.